The first kappa shape index (κ1) is 28.6. The Balaban J connectivity index is 1.39. The van der Waals surface area contributed by atoms with Gasteiger partial charge in [-0.25, -0.2) is 0 Å². The topological polar surface area (TPSA) is 63.6 Å². The second-order valence-corrected chi connectivity index (χ2v) is 17.0. The van der Waals surface area contributed by atoms with Crippen LogP contribution in [-0.2, 0) is 14.0 Å². The Morgan fingerprint density at radius 2 is 1.37 bits per heavy atom. The third-order valence-electron chi connectivity index (χ3n) is 12.0. The number of fused-ring (bicyclic) bond motifs is 5. The van der Waals surface area contributed by atoms with E-state index in [1.807, 2.05) is 6.08 Å². The zero-order chi connectivity index (χ0) is 29.7. The van der Waals surface area contributed by atoms with E-state index in [0.717, 1.165) is 32.1 Å². The molecule has 6 atom stereocenters. The monoisotopic (exact) mass is 590 g/mol. The molecule has 5 heteroatoms. The van der Waals surface area contributed by atoms with Gasteiger partial charge in [0.2, 0.25) is 0 Å². The summed E-state index contributed by atoms with van der Waals surface area (Å²) in [5, 5.41) is 14.5. The number of hydrogen-bond acceptors (Lipinski definition) is 4. The maximum absolute atomic E-state index is 13.1. The summed E-state index contributed by atoms with van der Waals surface area (Å²) in [6.45, 7) is 2.64. The van der Waals surface area contributed by atoms with Gasteiger partial charge >= 0.3 is 0 Å². The highest BCUT2D eigenvalue weighted by molar-refractivity contribution is 7.07. The third-order valence-corrected chi connectivity index (χ3v) is 16.0. The second-order valence-electron chi connectivity index (χ2n) is 13.7. The fraction of sp³-hybridized carbons (Fsp3) is 0.421. The van der Waals surface area contributed by atoms with Crippen molar-refractivity contribution in [3.63, 3.8) is 0 Å². The minimum Gasteiger partial charge on any atom is -0.403 e. The lowest BCUT2D eigenvalue weighted by atomic mass is 9.45. The average molecular weight is 591 g/mol. The zero-order valence-corrected chi connectivity index (χ0v) is 26.1. The van der Waals surface area contributed by atoms with Crippen molar-refractivity contribution < 1.29 is 19.1 Å². The van der Waals surface area contributed by atoms with E-state index >= 15 is 0 Å². The van der Waals surface area contributed by atoms with Gasteiger partial charge in [-0.05, 0) is 71.5 Å². The molecule has 0 heterocycles. The van der Waals surface area contributed by atoms with Crippen molar-refractivity contribution in [2.24, 2.45) is 34.5 Å². The number of carbonyl (C=O) groups is 2. The second kappa shape index (κ2) is 11.1. The molecule has 43 heavy (non-hydrogen) atoms. The summed E-state index contributed by atoms with van der Waals surface area (Å²) < 4.78 is 7.67. The molecular weight excluding hydrogens is 549 g/mol. The highest BCUT2D eigenvalue weighted by atomic mass is 28.4. The highest BCUT2D eigenvalue weighted by Crippen LogP contribution is 2.65. The molecule has 0 aliphatic heterocycles. The van der Waals surface area contributed by atoms with Crippen LogP contribution in [0, 0.1) is 34.5 Å². The molecule has 0 aromatic heterocycles. The number of Topliss-reactive ketones (excluding diaryl/α,β-unsaturated/α-hetero) is 1. The molecule has 222 valence electrons. The van der Waals surface area contributed by atoms with Gasteiger partial charge in [-0.3, -0.25) is 9.59 Å². The lowest BCUT2D eigenvalue weighted by molar-refractivity contribution is -0.138. The molecule has 4 aliphatic carbocycles. The first-order valence-corrected chi connectivity index (χ1v) is 18.0. The van der Waals surface area contributed by atoms with Crippen LogP contribution in [-0.4, -0.2) is 38.2 Å². The van der Waals surface area contributed by atoms with Gasteiger partial charge in [0, 0.05) is 42.8 Å². The summed E-state index contributed by atoms with van der Waals surface area (Å²) in [4.78, 5) is 26.2. The first-order chi connectivity index (χ1) is 20.9. The van der Waals surface area contributed by atoms with E-state index in [0.29, 0.717) is 37.1 Å². The van der Waals surface area contributed by atoms with E-state index in [2.05, 4.69) is 97.9 Å². The smallest absolute Gasteiger partial charge is 0.288 e. The number of benzene rings is 3. The van der Waals surface area contributed by atoms with Gasteiger partial charge < -0.3 is 9.53 Å². The van der Waals surface area contributed by atoms with E-state index in [-0.39, 0.29) is 29.6 Å². The van der Waals surface area contributed by atoms with Crippen LogP contribution in [0.15, 0.2) is 103 Å². The van der Waals surface area contributed by atoms with Crippen LogP contribution in [0.3, 0.4) is 0 Å². The molecule has 0 spiro atoms. The molecule has 0 bridgehead atoms. The summed E-state index contributed by atoms with van der Waals surface area (Å²) in [7, 11) is -3.01. The van der Waals surface area contributed by atoms with E-state index in [1.165, 1.54) is 21.1 Å². The quantitative estimate of drug-likeness (QED) is 0.312. The van der Waals surface area contributed by atoms with Crippen molar-refractivity contribution in [2.45, 2.75) is 51.9 Å². The van der Waals surface area contributed by atoms with Crippen LogP contribution in [0.4, 0.5) is 0 Å². The molecule has 3 fully saturated rings. The van der Waals surface area contributed by atoms with Gasteiger partial charge in [-0.2, -0.15) is 0 Å². The van der Waals surface area contributed by atoms with Gasteiger partial charge in [-0.1, -0.05) is 103 Å². The number of ketones is 2. The Hall–Kier alpha value is -3.12. The lowest BCUT2D eigenvalue weighted by Crippen LogP contribution is -2.71. The molecule has 1 unspecified atom stereocenters. The predicted molar refractivity (Wildman–Crippen MR) is 172 cm³/mol. The van der Waals surface area contributed by atoms with Crippen molar-refractivity contribution in [3.8, 4) is 0 Å². The van der Waals surface area contributed by atoms with Gasteiger partial charge in [0.25, 0.3) is 8.32 Å². The minimum absolute atomic E-state index is 0.0346. The summed E-state index contributed by atoms with van der Waals surface area (Å²) >= 11 is 0. The van der Waals surface area contributed by atoms with Crippen LogP contribution in [0.1, 0.15) is 51.9 Å². The summed E-state index contributed by atoms with van der Waals surface area (Å²) in [5.74, 6) is 1.41. The number of aliphatic hydroxyl groups excluding tert-OH is 1. The Labute approximate surface area is 256 Å². The average Bonchev–Trinajstić information content (AvgIpc) is 3.36. The molecule has 3 saturated carbocycles. The van der Waals surface area contributed by atoms with Gasteiger partial charge in [0.1, 0.15) is 5.78 Å². The fourth-order valence-corrected chi connectivity index (χ4v) is 13.8. The molecule has 1 N–H and O–H groups in total. The number of rotatable bonds is 7. The molecule has 0 radical (unpaired) electrons. The van der Waals surface area contributed by atoms with Crippen LogP contribution in [0.25, 0.3) is 0 Å². The van der Waals surface area contributed by atoms with Crippen molar-refractivity contribution in [2.75, 3.05) is 13.2 Å². The summed E-state index contributed by atoms with van der Waals surface area (Å²) in [6, 6.07) is 32.0. The molecule has 7 rings (SSSR count). The van der Waals surface area contributed by atoms with Crippen molar-refractivity contribution in [1.29, 1.82) is 0 Å². The van der Waals surface area contributed by atoms with Crippen LogP contribution >= 0.6 is 0 Å². The standard InChI is InChI=1S/C38H42O4Si/c1-37-22-21-35-33(34(37)19-20-36(37)41)18-17-27-23-29(40)24-28(25-39)38(27,35)26-42-43(30-11-5-2-6-12-30,31-13-7-3-8-14-31)32-15-9-4-10-16-32/h2-16,23,28,33-35,39H,17-22,24-26H2,1H3/t28?,33-,34-,35+,37-,38+/m0/s1. The maximum Gasteiger partial charge on any atom is 0.288 e. The number of hydrogen-bond donors (Lipinski definition) is 1. The largest absolute Gasteiger partial charge is 0.403 e. The van der Waals surface area contributed by atoms with Crippen molar-refractivity contribution >= 4 is 35.4 Å². The summed E-state index contributed by atoms with van der Waals surface area (Å²) in [6.07, 6.45) is 7.58. The number of aliphatic hydroxyl groups is 1. The third kappa shape index (κ3) is 4.38. The van der Waals surface area contributed by atoms with Crippen molar-refractivity contribution in [1.82, 2.24) is 0 Å². The van der Waals surface area contributed by atoms with Crippen molar-refractivity contribution in [3.05, 3.63) is 103 Å². The fourth-order valence-electron chi connectivity index (χ4n) is 9.88. The molecular formula is C38H42O4Si. The molecule has 4 aliphatic rings. The van der Waals surface area contributed by atoms with E-state index in [4.69, 9.17) is 4.43 Å². The predicted octanol–water partition coefficient (Wildman–Crippen LogP) is 4.97. The molecule has 4 nitrogen and oxygen atoms in total. The Bertz CT molecular complexity index is 1420. The Kier molecular flexibility index (Phi) is 7.39. The maximum atomic E-state index is 13.1. The zero-order valence-electron chi connectivity index (χ0n) is 25.1. The highest BCUT2D eigenvalue weighted by Gasteiger charge is 2.63. The van der Waals surface area contributed by atoms with Gasteiger partial charge in [-0.15, -0.1) is 0 Å². The SMILES string of the molecule is C[C@]12CC[C@@H]3[C@@H](CCC4=CC(=O)CC(CO)[C@@]43CO[Si](c3ccccc3)(c3ccccc3)c3ccccc3)[C@@H]1CCC2=O. The van der Waals surface area contributed by atoms with Gasteiger partial charge in [0.15, 0.2) is 5.78 Å². The minimum atomic E-state index is -3.01. The normalized spacial score (nSPS) is 32.0. The van der Waals surface area contributed by atoms with E-state index in [9.17, 15) is 14.7 Å². The van der Waals surface area contributed by atoms with Crippen LogP contribution in [0.2, 0.25) is 0 Å². The Morgan fingerprint density at radius 3 is 1.93 bits per heavy atom. The van der Waals surface area contributed by atoms with Gasteiger partial charge in [0.05, 0.1) is 0 Å². The molecule has 0 amide bonds. The Morgan fingerprint density at radius 1 is 0.791 bits per heavy atom. The van der Waals surface area contributed by atoms with E-state index < -0.39 is 13.7 Å². The van der Waals surface area contributed by atoms with E-state index in [1.54, 1.807) is 0 Å². The van der Waals surface area contributed by atoms with Crippen LogP contribution < -0.4 is 15.6 Å². The van der Waals surface area contributed by atoms with Crippen LogP contribution in [0.5, 0.6) is 0 Å². The first-order valence-electron chi connectivity index (χ1n) is 16.1. The summed E-state index contributed by atoms with van der Waals surface area (Å²) in [5.41, 5.74) is 0.504. The number of carbonyl (C=O) groups excluding carboxylic acids is 2. The lowest BCUT2D eigenvalue weighted by Gasteiger charge is -2.60. The molecule has 3 aromatic carbocycles. The molecule has 3 aromatic rings. The molecule has 0 saturated heterocycles.